The van der Waals surface area contributed by atoms with Gasteiger partial charge < -0.3 is 14.2 Å². The van der Waals surface area contributed by atoms with Gasteiger partial charge in [0.05, 0.1) is 11.9 Å². The number of hydrogen-bond acceptors (Lipinski definition) is 8. The Morgan fingerprint density at radius 3 is 2.62 bits per heavy atom. The van der Waals surface area contributed by atoms with Crippen molar-refractivity contribution in [3.8, 4) is 0 Å². The maximum absolute atomic E-state index is 12.2. The average molecular weight is 364 g/mol. The normalized spacial score (nSPS) is 21.9. The highest BCUT2D eigenvalue weighted by Crippen LogP contribution is 2.37. The van der Waals surface area contributed by atoms with Crippen molar-refractivity contribution in [3.05, 3.63) is 32.7 Å². The van der Waals surface area contributed by atoms with Gasteiger partial charge in [-0.3, -0.25) is 18.7 Å². The fraction of sp³-hybridized carbons (Fsp3) is 0.562. The van der Waals surface area contributed by atoms with Crippen molar-refractivity contribution in [1.82, 2.24) is 19.1 Å². The summed E-state index contributed by atoms with van der Waals surface area (Å²) in [5, 5.41) is 0. The maximum atomic E-state index is 12.2. The lowest BCUT2D eigenvalue weighted by Crippen LogP contribution is -2.38. The van der Waals surface area contributed by atoms with E-state index in [2.05, 4.69) is 9.97 Å². The molecule has 0 N–H and O–H groups in total. The summed E-state index contributed by atoms with van der Waals surface area (Å²) in [5.74, 6) is -1.35. The van der Waals surface area contributed by atoms with Crippen molar-refractivity contribution in [2.45, 2.75) is 38.8 Å². The van der Waals surface area contributed by atoms with Gasteiger partial charge in [-0.15, -0.1) is 0 Å². The number of aryl methyl sites for hydroxylation is 1. The molecule has 1 fully saturated rings. The molecule has 0 saturated carbocycles. The molecule has 0 bridgehead atoms. The number of ether oxygens (including phenoxy) is 3. The molecule has 1 aliphatic heterocycles. The van der Waals surface area contributed by atoms with Gasteiger partial charge in [0.15, 0.2) is 17.0 Å². The molecule has 1 aliphatic rings. The molecular formula is C16H20N4O6. The number of aromatic nitrogens is 4. The number of carbonyl (C=O) groups excluding carboxylic acids is 1. The topological polar surface area (TPSA) is 115 Å². The van der Waals surface area contributed by atoms with Gasteiger partial charge in [0.25, 0.3) is 5.56 Å². The summed E-state index contributed by atoms with van der Waals surface area (Å²) >= 11 is 0. The van der Waals surface area contributed by atoms with E-state index in [0.717, 1.165) is 4.57 Å². The molecule has 26 heavy (non-hydrogen) atoms. The summed E-state index contributed by atoms with van der Waals surface area (Å²) < 4.78 is 18.9. The van der Waals surface area contributed by atoms with Gasteiger partial charge in [0.1, 0.15) is 18.8 Å². The quantitative estimate of drug-likeness (QED) is 0.687. The zero-order valence-electron chi connectivity index (χ0n) is 15.2. The number of fused-ring (bicyclic) bond motifs is 1. The summed E-state index contributed by atoms with van der Waals surface area (Å²) in [6.07, 6.45) is 0.148. The second-order valence-electron chi connectivity index (χ2n) is 6.57. The average Bonchev–Trinajstić information content (AvgIpc) is 2.90. The molecule has 140 valence electrons. The van der Waals surface area contributed by atoms with E-state index in [1.54, 1.807) is 13.8 Å². The molecule has 2 atom stereocenters. The van der Waals surface area contributed by atoms with E-state index in [4.69, 9.17) is 14.2 Å². The van der Waals surface area contributed by atoms with E-state index >= 15 is 0 Å². The molecule has 0 spiro atoms. The van der Waals surface area contributed by atoms with E-state index in [1.807, 2.05) is 0 Å². The second kappa shape index (κ2) is 6.29. The molecular weight excluding hydrogens is 344 g/mol. The minimum atomic E-state index is -0.912. The number of carbonyl (C=O) groups is 1. The molecule has 0 aromatic carbocycles. The van der Waals surface area contributed by atoms with Crippen molar-refractivity contribution >= 4 is 17.1 Å². The number of esters is 1. The molecule has 0 radical (unpaired) electrons. The third-order valence-electron chi connectivity index (χ3n) is 4.10. The Kier molecular flexibility index (Phi) is 4.41. The van der Waals surface area contributed by atoms with Gasteiger partial charge in [-0.25, -0.2) is 14.8 Å². The van der Waals surface area contributed by atoms with Crippen LogP contribution in [0.5, 0.6) is 0 Å². The molecule has 3 rings (SSSR count). The molecule has 10 heteroatoms. The predicted octanol–water partition coefficient (Wildman–Crippen LogP) is -0.217. The Labute approximate surface area is 148 Å². The van der Waals surface area contributed by atoms with Gasteiger partial charge in [0, 0.05) is 21.0 Å². The van der Waals surface area contributed by atoms with Crippen LogP contribution in [0, 0.1) is 0 Å². The van der Waals surface area contributed by atoms with Crippen LogP contribution in [0.3, 0.4) is 0 Å². The lowest BCUT2D eigenvalue weighted by molar-refractivity contribution is -0.158. The molecule has 0 aliphatic carbocycles. The molecule has 3 heterocycles. The van der Waals surface area contributed by atoms with E-state index in [1.165, 1.54) is 31.8 Å². The summed E-state index contributed by atoms with van der Waals surface area (Å²) in [5.41, 5.74) is -0.427. The third-order valence-corrected chi connectivity index (χ3v) is 4.10. The van der Waals surface area contributed by atoms with Crippen molar-refractivity contribution < 1.29 is 19.0 Å². The largest absolute Gasteiger partial charge is 0.463 e. The third kappa shape index (κ3) is 3.13. The summed E-state index contributed by atoms with van der Waals surface area (Å²) in [7, 11) is 2.89. The molecule has 2 aromatic heterocycles. The Balaban J connectivity index is 2.07. The number of nitrogens with zero attached hydrogens (tertiary/aromatic N) is 4. The lowest BCUT2D eigenvalue weighted by atomic mass is 10.1. The van der Waals surface area contributed by atoms with Crippen molar-refractivity contribution in [2.75, 3.05) is 6.61 Å². The summed E-state index contributed by atoms with van der Waals surface area (Å²) in [6, 6.07) is 0. The maximum Gasteiger partial charge on any atom is 0.332 e. The second-order valence-corrected chi connectivity index (χ2v) is 6.57. The van der Waals surface area contributed by atoms with Crippen LogP contribution in [0.1, 0.15) is 32.6 Å². The van der Waals surface area contributed by atoms with Crippen molar-refractivity contribution in [1.29, 1.82) is 0 Å². The number of hydrogen-bond donors (Lipinski definition) is 0. The Hall–Kier alpha value is -2.59. The summed E-state index contributed by atoms with van der Waals surface area (Å²) in [4.78, 5) is 44.0. The predicted molar refractivity (Wildman–Crippen MR) is 89.4 cm³/mol. The first kappa shape index (κ1) is 18.2. The van der Waals surface area contributed by atoms with Crippen molar-refractivity contribution in [2.24, 2.45) is 14.1 Å². The molecule has 2 aromatic rings. The standard InChI is InChI=1S/C16H20N4O6/c1-8(21)24-7-10-12(26-16(2,3)25-10)9-6-17-11-13(18-9)19(4)15(23)20(5)14(11)22/h6,10,12H,7H2,1-5H3/t10-,12+/m0/s1. The molecule has 0 unspecified atom stereocenters. The van der Waals surface area contributed by atoms with Crippen LogP contribution in [-0.2, 0) is 33.1 Å². The van der Waals surface area contributed by atoms with E-state index in [-0.39, 0.29) is 17.8 Å². The first-order chi connectivity index (χ1) is 12.1. The zero-order chi connectivity index (χ0) is 19.2. The van der Waals surface area contributed by atoms with Crippen LogP contribution in [0.4, 0.5) is 0 Å². The molecule has 10 nitrogen and oxygen atoms in total. The molecule has 1 saturated heterocycles. The van der Waals surface area contributed by atoms with Crippen molar-refractivity contribution in [3.63, 3.8) is 0 Å². The lowest BCUT2D eigenvalue weighted by Gasteiger charge is -2.16. The van der Waals surface area contributed by atoms with Gasteiger partial charge in [-0.2, -0.15) is 0 Å². The molecule has 0 amide bonds. The van der Waals surface area contributed by atoms with E-state index in [9.17, 15) is 14.4 Å². The Morgan fingerprint density at radius 2 is 1.96 bits per heavy atom. The fourth-order valence-corrected chi connectivity index (χ4v) is 2.88. The van der Waals surface area contributed by atoms with Crippen LogP contribution in [0.25, 0.3) is 11.2 Å². The minimum absolute atomic E-state index is 0.0152. The van der Waals surface area contributed by atoms with Gasteiger partial charge >= 0.3 is 11.7 Å². The van der Waals surface area contributed by atoms with Gasteiger partial charge in [0.2, 0.25) is 0 Å². The highest BCUT2D eigenvalue weighted by atomic mass is 16.8. The Bertz CT molecular complexity index is 993. The van der Waals surface area contributed by atoms with E-state index < -0.39 is 35.2 Å². The van der Waals surface area contributed by atoms with Crippen LogP contribution < -0.4 is 11.2 Å². The van der Waals surface area contributed by atoms with Crippen LogP contribution in [0.2, 0.25) is 0 Å². The van der Waals surface area contributed by atoms with Gasteiger partial charge in [-0.05, 0) is 13.8 Å². The number of rotatable bonds is 3. The fourth-order valence-electron chi connectivity index (χ4n) is 2.88. The first-order valence-corrected chi connectivity index (χ1v) is 8.02. The highest BCUT2D eigenvalue weighted by molar-refractivity contribution is 5.68. The van der Waals surface area contributed by atoms with Crippen LogP contribution >= 0.6 is 0 Å². The smallest absolute Gasteiger partial charge is 0.332 e. The van der Waals surface area contributed by atoms with E-state index in [0.29, 0.717) is 5.69 Å². The van der Waals surface area contributed by atoms with Gasteiger partial charge in [-0.1, -0.05) is 0 Å². The highest BCUT2D eigenvalue weighted by Gasteiger charge is 2.43. The first-order valence-electron chi connectivity index (χ1n) is 8.02. The Morgan fingerprint density at radius 1 is 1.27 bits per heavy atom. The minimum Gasteiger partial charge on any atom is -0.463 e. The van der Waals surface area contributed by atoms with Crippen LogP contribution in [0.15, 0.2) is 15.8 Å². The summed E-state index contributed by atoms with van der Waals surface area (Å²) in [6.45, 7) is 4.75. The van der Waals surface area contributed by atoms with Crippen LogP contribution in [-0.4, -0.2) is 43.6 Å². The zero-order valence-corrected chi connectivity index (χ0v) is 15.2. The SMILES string of the molecule is CC(=O)OC[C@@H]1OC(C)(C)O[C@@H]1c1cnc2c(=O)n(C)c(=O)n(C)c2n1. The monoisotopic (exact) mass is 364 g/mol.